The third-order valence-corrected chi connectivity index (χ3v) is 6.12. The summed E-state index contributed by atoms with van der Waals surface area (Å²) in [5.41, 5.74) is 0.0184. The Balaban J connectivity index is 1.43. The van der Waals surface area contributed by atoms with E-state index < -0.39 is 5.60 Å². The number of carbonyl (C=O) groups excluding carboxylic acids is 1. The molecular formula is C16H23N3O2S. The summed E-state index contributed by atoms with van der Waals surface area (Å²) in [6.07, 6.45) is 7.33. The van der Waals surface area contributed by atoms with Gasteiger partial charge in [0, 0.05) is 30.4 Å². The zero-order valence-corrected chi connectivity index (χ0v) is 13.6. The largest absolute Gasteiger partial charge is 0.389 e. The molecule has 4 rings (SSSR count). The van der Waals surface area contributed by atoms with E-state index in [4.69, 9.17) is 0 Å². The zero-order valence-electron chi connectivity index (χ0n) is 12.8. The smallest absolute Gasteiger partial charge is 0.273 e. The van der Waals surface area contributed by atoms with Crippen LogP contribution in [0.2, 0.25) is 0 Å². The number of nitrogens with zero attached hydrogens (tertiary/aromatic N) is 2. The van der Waals surface area contributed by atoms with Gasteiger partial charge in [0.1, 0.15) is 5.69 Å². The highest BCUT2D eigenvalue weighted by Gasteiger charge is 2.44. The molecule has 0 spiro atoms. The maximum Gasteiger partial charge on any atom is 0.273 e. The number of aromatic nitrogens is 1. The Morgan fingerprint density at radius 2 is 2.23 bits per heavy atom. The fourth-order valence-electron chi connectivity index (χ4n) is 3.76. The maximum atomic E-state index is 12.7. The van der Waals surface area contributed by atoms with Gasteiger partial charge in [-0.3, -0.25) is 4.79 Å². The molecule has 3 fully saturated rings. The van der Waals surface area contributed by atoms with Gasteiger partial charge in [-0.15, -0.1) is 11.3 Å². The van der Waals surface area contributed by atoms with Gasteiger partial charge in [-0.25, -0.2) is 4.98 Å². The number of hydrogen-bond donors (Lipinski definition) is 2. The zero-order chi connectivity index (χ0) is 15.2. The second-order valence-electron chi connectivity index (χ2n) is 7.00. The molecule has 0 aromatic carbocycles. The second-order valence-corrected chi connectivity index (χ2v) is 7.86. The van der Waals surface area contributed by atoms with E-state index in [1.807, 2.05) is 10.3 Å². The average molecular weight is 321 g/mol. The summed E-state index contributed by atoms with van der Waals surface area (Å²) in [5, 5.41) is 16.8. The molecular weight excluding hydrogens is 298 g/mol. The van der Waals surface area contributed by atoms with Crippen LogP contribution < -0.4 is 5.32 Å². The van der Waals surface area contributed by atoms with Crippen LogP contribution in [-0.2, 0) is 0 Å². The Labute approximate surface area is 134 Å². The molecule has 120 valence electrons. The molecule has 5 nitrogen and oxygen atoms in total. The maximum absolute atomic E-state index is 12.7. The van der Waals surface area contributed by atoms with Gasteiger partial charge in [-0.05, 0) is 32.1 Å². The van der Waals surface area contributed by atoms with Crippen molar-refractivity contribution in [2.45, 2.75) is 56.6 Å². The molecule has 0 bridgehead atoms. The number of aliphatic hydroxyl groups is 1. The summed E-state index contributed by atoms with van der Waals surface area (Å²) < 4.78 is 0. The predicted molar refractivity (Wildman–Crippen MR) is 86.2 cm³/mol. The van der Waals surface area contributed by atoms with Crippen LogP contribution in [0, 0.1) is 5.92 Å². The van der Waals surface area contributed by atoms with E-state index in [2.05, 4.69) is 10.3 Å². The molecule has 3 aliphatic rings. The first-order chi connectivity index (χ1) is 10.6. The van der Waals surface area contributed by atoms with Crippen molar-refractivity contribution >= 4 is 22.4 Å². The minimum Gasteiger partial charge on any atom is -0.389 e. The van der Waals surface area contributed by atoms with Crippen LogP contribution in [0.5, 0.6) is 0 Å². The number of thiazole rings is 1. The Hall–Kier alpha value is -1.14. The van der Waals surface area contributed by atoms with Gasteiger partial charge >= 0.3 is 0 Å². The third-order valence-electron chi connectivity index (χ3n) is 5.34. The van der Waals surface area contributed by atoms with Crippen LogP contribution in [0.4, 0.5) is 5.13 Å². The topological polar surface area (TPSA) is 65.5 Å². The quantitative estimate of drug-likeness (QED) is 0.898. The lowest BCUT2D eigenvalue weighted by molar-refractivity contribution is -0.0886. The van der Waals surface area contributed by atoms with Gasteiger partial charge in [-0.2, -0.15) is 0 Å². The van der Waals surface area contributed by atoms with Crippen molar-refractivity contribution in [3.8, 4) is 0 Å². The molecule has 2 heterocycles. The fourth-order valence-corrected chi connectivity index (χ4v) is 4.52. The van der Waals surface area contributed by atoms with Crippen LogP contribution in [0.1, 0.15) is 55.4 Å². The van der Waals surface area contributed by atoms with E-state index in [0.29, 0.717) is 31.2 Å². The minimum atomic E-state index is -0.532. The third kappa shape index (κ3) is 2.74. The van der Waals surface area contributed by atoms with Crippen molar-refractivity contribution in [1.82, 2.24) is 9.88 Å². The number of amides is 1. The SMILES string of the molecule is O=C(c1csc(NC2CC2)n1)N1CC[C@]2(O)CCCC[C@H]2C1. The summed E-state index contributed by atoms with van der Waals surface area (Å²) >= 11 is 1.51. The number of likely N-dealkylation sites (tertiary alicyclic amines) is 1. The summed E-state index contributed by atoms with van der Waals surface area (Å²) in [5.74, 6) is 0.259. The number of piperidine rings is 1. The van der Waals surface area contributed by atoms with Crippen LogP contribution in [0.25, 0.3) is 0 Å². The first-order valence-corrected chi connectivity index (χ1v) is 9.26. The molecule has 1 aromatic heterocycles. The Bertz CT molecular complexity index is 571. The highest BCUT2D eigenvalue weighted by Crippen LogP contribution is 2.40. The molecule has 22 heavy (non-hydrogen) atoms. The molecule has 1 amide bonds. The molecule has 1 aromatic rings. The Kier molecular flexibility index (Phi) is 3.61. The number of rotatable bonds is 3. The molecule has 6 heteroatoms. The van der Waals surface area contributed by atoms with E-state index >= 15 is 0 Å². The predicted octanol–water partition coefficient (Wildman–Crippen LogP) is 2.48. The monoisotopic (exact) mass is 321 g/mol. The lowest BCUT2D eigenvalue weighted by Gasteiger charge is -2.47. The van der Waals surface area contributed by atoms with Crippen LogP contribution in [0.15, 0.2) is 5.38 Å². The average Bonchev–Trinajstić information content (AvgIpc) is 3.21. The van der Waals surface area contributed by atoms with E-state index in [1.54, 1.807) is 0 Å². The number of nitrogens with one attached hydrogen (secondary N) is 1. The van der Waals surface area contributed by atoms with E-state index in [-0.39, 0.29) is 11.8 Å². The molecule has 2 aliphatic carbocycles. The number of fused-ring (bicyclic) bond motifs is 1. The summed E-state index contributed by atoms with van der Waals surface area (Å²) in [4.78, 5) is 19.0. The lowest BCUT2D eigenvalue weighted by Crippen LogP contribution is -2.54. The Morgan fingerprint density at radius 3 is 3.05 bits per heavy atom. The van der Waals surface area contributed by atoms with Gasteiger partial charge in [0.15, 0.2) is 5.13 Å². The van der Waals surface area contributed by atoms with E-state index in [9.17, 15) is 9.90 Å². The molecule has 2 atom stereocenters. The number of carbonyl (C=O) groups is 1. The summed E-state index contributed by atoms with van der Waals surface area (Å²) in [6, 6.07) is 0.557. The number of anilines is 1. The van der Waals surface area contributed by atoms with Crippen LogP contribution >= 0.6 is 11.3 Å². The van der Waals surface area contributed by atoms with Crippen molar-refractivity contribution < 1.29 is 9.90 Å². The van der Waals surface area contributed by atoms with E-state index in [0.717, 1.165) is 24.4 Å². The summed E-state index contributed by atoms with van der Waals surface area (Å²) in [7, 11) is 0. The molecule has 2 saturated carbocycles. The van der Waals surface area contributed by atoms with Gasteiger partial charge in [0.2, 0.25) is 0 Å². The lowest BCUT2D eigenvalue weighted by atomic mass is 9.71. The van der Waals surface area contributed by atoms with Crippen LogP contribution in [0.3, 0.4) is 0 Å². The first kappa shape index (κ1) is 14.5. The Morgan fingerprint density at radius 1 is 1.36 bits per heavy atom. The van der Waals surface area contributed by atoms with Crippen LogP contribution in [-0.4, -0.2) is 45.6 Å². The first-order valence-electron chi connectivity index (χ1n) is 8.38. The molecule has 1 aliphatic heterocycles. The van der Waals surface area contributed by atoms with Crippen molar-refractivity contribution in [2.75, 3.05) is 18.4 Å². The van der Waals surface area contributed by atoms with Crippen molar-refractivity contribution in [1.29, 1.82) is 0 Å². The van der Waals surface area contributed by atoms with Crippen molar-refractivity contribution in [3.63, 3.8) is 0 Å². The molecule has 0 radical (unpaired) electrons. The van der Waals surface area contributed by atoms with Gasteiger partial charge in [0.25, 0.3) is 5.91 Å². The second kappa shape index (κ2) is 5.49. The normalized spacial score (nSPS) is 31.7. The standard InChI is InChI=1S/C16H23N3O2S/c20-14(13-10-22-15(18-13)17-12-4-5-12)19-8-7-16(21)6-2-1-3-11(16)9-19/h10-12,21H,1-9H2,(H,17,18)/t11-,16+/m0/s1. The highest BCUT2D eigenvalue weighted by molar-refractivity contribution is 7.13. The minimum absolute atomic E-state index is 0.0210. The molecule has 1 saturated heterocycles. The van der Waals surface area contributed by atoms with Crippen molar-refractivity contribution in [2.24, 2.45) is 5.92 Å². The van der Waals surface area contributed by atoms with Gasteiger partial charge < -0.3 is 15.3 Å². The summed E-state index contributed by atoms with van der Waals surface area (Å²) in [6.45, 7) is 1.33. The van der Waals surface area contributed by atoms with Gasteiger partial charge in [0.05, 0.1) is 5.60 Å². The highest BCUT2D eigenvalue weighted by atomic mass is 32.1. The van der Waals surface area contributed by atoms with E-state index in [1.165, 1.54) is 30.6 Å². The molecule has 2 N–H and O–H groups in total. The van der Waals surface area contributed by atoms with Crippen molar-refractivity contribution in [3.05, 3.63) is 11.1 Å². The number of hydrogen-bond acceptors (Lipinski definition) is 5. The fraction of sp³-hybridized carbons (Fsp3) is 0.750. The molecule has 0 unspecified atom stereocenters. The van der Waals surface area contributed by atoms with Gasteiger partial charge in [-0.1, -0.05) is 12.8 Å².